The number of benzene rings is 1. The zero-order chi connectivity index (χ0) is 14.1. The molecule has 1 N–H and O–H groups in total. The molecule has 0 aliphatic heterocycles. The molecule has 3 heteroatoms. The van der Waals surface area contributed by atoms with Gasteiger partial charge in [-0.3, -0.25) is 0 Å². The van der Waals surface area contributed by atoms with E-state index in [9.17, 15) is 0 Å². The molecule has 0 bridgehead atoms. The summed E-state index contributed by atoms with van der Waals surface area (Å²) in [6.45, 7) is 8.20. The lowest BCUT2D eigenvalue weighted by molar-refractivity contribution is 0.178. The van der Waals surface area contributed by atoms with Gasteiger partial charge in [-0.2, -0.15) is 0 Å². The first-order valence-electron chi connectivity index (χ1n) is 7.10. The van der Waals surface area contributed by atoms with Crippen LogP contribution in [0.4, 0.5) is 0 Å². The van der Waals surface area contributed by atoms with Crippen molar-refractivity contribution in [3.63, 3.8) is 0 Å². The van der Waals surface area contributed by atoms with Crippen molar-refractivity contribution in [3.05, 3.63) is 35.4 Å². The number of hydrogen-bond acceptors (Lipinski definition) is 3. The molecule has 0 unspecified atom stereocenters. The van der Waals surface area contributed by atoms with E-state index < -0.39 is 0 Å². The van der Waals surface area contributed by atoms with Crippen LogP contribution >= 0.6 is 0 Å². The van der Waals surface area contributed by atoms with Gasteiger partial charge in [0.1, 0.15) is 0 Å². The van der Waals surface area contributed by atoms with Crippen molar-refractivity contribution < 1.29 is 4.74 Å². The number of rotatable bonds is 9. The Bertz CT molecular complexity index is 352. The Labute approximate surface area is 118 Å². The van der Waals surface area contributed by atoms with Gasteiger partial charge in [-0.1, -0.05) is 38.1 Å². The second-order valence-electron chi connectivity index (χ2n) is 5.44. The molecule has 0 aromatic heterocycles. The van der Waals surface area contributed by atoms with Gasteiger partial charge in [0.2, 0.25) is 0 Å². The molecule has 1 rings (SSSR count). The van der Waals surface area contributed by atoms with Gasteiger partial charge in [0.15, 0.2) is 0 Å². The number of nitrogens with one attached hydrogen (secondary N) is 1. The lowest BCUT2D eigenvalue weighted by atomic mass is 10.1. The fourth-order valence-electron chi connectivity index (χ4n) is 2.03. The molecule has 0 saturated heterocycles. The quantitative estimate of drug-likeness (QED) is 0.694. The van der Waals surface area contributed by atoms with Crippen LogP contribution in [0.2, 0.25) is 0 Å². The van der Waals surface area contributed by atoms with E-state index in [1.54, 1.807) is 7.11 Å². The van der Waals surface area contributed by atoms with Crippen LogP contribution in [0.3, 0.4) is 0 Å². The van der Waals surface area contributed by atoms with Gasteiger partial charge in [0.05, 0.1) is 0 Å². The van der Waals surface area contributed by atoms with Crippen LogP contribution < -0.4 is 5.32 Å². The van der Waals surface area contributed by atoms with Crippen LogP contribution in [-0.4, -0.2) is 38.3 Å². The van der Waals surface area contributed by atoms with E-state index in [2.05, 4.69) is 55.4 Å². The molecule has 1 aromatic rings. The molecule has 0 aliphatic rings. The monoisotopic (exact) mass is 264 g/mol. The minimum absolute atomic E-state index is 0.528. The number of ether oxygens (including phenoxy) is 1. The second-order valence-corrected chi connectivity index (χ2v) is 5.44. The maximum absolute atomic E-state index is 5.08. The molecule has 0 radical (unpaired) electrons. The number of methoxy groups -OCH3 is 1. The molecule has 0 atom stereocenters. The minimum Gasteiger partial charge on any atom is -0.385 e. The smallest absolute Gasteiger partial charge is 0.0474 e. The van der Waals surface area contributed by atoms with E-state index >= 15 is 0 Å². The predicted molar refractivity (Wildman–Crippen MR) is 81.2 cm³/mol. The van der Waals surface area contributed by atoms with Gasteiger partial charge in [-0.25, -0.2) is 0 Å². The highest BCUT2D eigenvalue weighted by Crippen LogP contribution is 2.08. The molecule has 0 spiro atoms. The normalized spacial score (nSPS) is 11.5. The van der Waals surface area contributed by atoms with Crippen LogP contribution in [-0.2, 0) is 17.8 Å². The molecule has 0 saturated carbocycles. The van der Waals surface area contributed by atoms with Crippen molar-refractivity contribution in [2.75, 3.05) is 27.3 Å². The van der Waals surface area contributed by atoms with E-state index in [1.807, 2.05) is 0 Å². The van der Waals surface area contributed by atoms with E-state index in [0.717, 1.165) is 32.7 Å². The molecule has 0 fully saturated rings. The molecule has 0 amide bonds. The van der Waals surface area contributed by atoms with Crippen molar-refractivity contribution in [1.82, 2.24) is 10.2 Å². The third-order valence-corrected chi connectivity index (χ3v) is 3.05. The molecular weight excluding hydrogens is 236 g/mol. The summed E-state index contributed by atoms with van der Waals surface area (Å²) in [4.78, 5) is 2.34. The zero-order valence-corrected chi connectivity index (χ0v) is 12.8. The summed E-state index contributed by atoms with van der Waals surface area (Å²) < 4.78 is 5.08. The Morgan fingerprint density at radius 2 is 2.00 bits per heavy atom. The second kappa shape index (κ2) is 9.08. The van der Waals surface area contributed by atoms with Crippen molar-refractivity contribution in [3.8, 4) is 0 Å². The van der Waals surface area contributed by atoms with Crippen LogP contribution in [0.1, 0.15) is 31.4 Å². The predicted octanol–water partition coefficient (Wildman–Crippen LogP) is 2.65. The van der Waals surface area contributed by atoms with Crippen molar-refractivity contribution in [1.29, 1.82) is 0 Å². The van der Waals surface area contributed by atoms with Crippen LogP contribution in [0, 0.1) is 0 Å². The molecule has 0 aliphatic carbocycles. The topological polar surface area (TPSA) is 24.5 Å². The van der Waals surface area contributed by atoms with Crippen LogP contribution in [0.25, 0.3) is 0 Å². The maximum Gasteiger partial charge on any atom is 0.0474 e. The highest BCUT2D eigenvalue weighted by atomic mass is 16.5. The fourth-order valence-corrected chi connectivity index (χ4v) is 2.03. The molecule has 3 nitrogen and oxygen atoms in total. The largest absolute Gasteiger partial charge is 0.385 e. The third kappa shape index (κ3) is 7.31. The third-order valence-electron chi connectivity index (χ3n) is 3.05. The average Bonchev–Trinajstić information content (AvgIpc) is 2.37. The van der Waals surface area contributed by atoms with Crippen molar-refractivity contribution in [2.45, 2.75) is 39.4 Å². The summed E-state index contributed by atoms with van der Waals surface area (Å²) >= 11 is 0. The van der Waals surface area contributed by atoms with Crippen LogP contribution in [0.15, 0.2) is 24.3 Å². The summed E-state index contributed by atoms with van der Waals surface area (Å²) in [5, 5.41) is 3.45. The van der Waals surface area contributed by atoms with Gasteiger partial charge in [0.25, 0.3) is 0 Å². The van der Waals surface area contributed by atoms with E-state index in [4.69, 9.17) is 4.74 Å². The average molecular weight is 264 g/mol. The van der Waals surface area contributed by atoms with Gasteiger partial charge >= 0.3 is 0 Å². The Hall–Kier alpha value is -0.900. The molecule has 108 valence electrons. The lowest BCUT2D eigenvalue weighted by Crippen LogP contribution is -2.22. The molecule has 19 heavy (non-hydrogen) atoms. The summed E-state index contributed by atoms with van der Waals surface area (Å²) in [5.41, 5.74) is 2.74. The first-order chi connectivity index (χ1) is 9.11. The van der Waals surface area contributed by atoms with E-state index in [1.165, 1.54) is 11.1 Å². The highest BCUT2D eigenvalue weighted by molar-refractivity contribution is 5.23. The Kier molecular flexibility index (Phi) is 7.72. The summed E-state index contributed by atoms with van der Waals surface area (Å²) in [5.74, 6) is 0. The Morgan fingerprint density at radius 3 is 2.68 bits per heavy atom. The number of hydrogen-bond donors (Lipinski definition) is 1. The van der Waals surface area contributed by atoms with Gasteiger partial charge in [0, 0.05) is 39.4 Å². The SMILES string of the molecule is COCCCN(C)Cc1cccc(CNC(C)C)c1. The Morgan fingerprint density at radius 1 is 1.26 bits per heavy atom. The number of nitrogens with zero attached hydrogens (tertiary/aromatic N) is 1. The van der Waals surface area contributed by atoms with Crippen molar-refractivity contribution >= 4 is 0 Å². The van der Waals surface area contributed by atoms with Gasteiger partial charge in [-0.15, -0.1) is 0 Å². The highest BCUT2D eigenvalue weighted by Gasteiger charge is 2.02. The maximum atomic E-state index is 5.08. The summed E-state index contributed by atoms with van der Waals surface area (Å²) in [7, 11) is 3.92. The lowest BCUT2D eigenvalue weighted by Gasteiger charge is -2.17. The zero-order valence-electron chi connectivity index (χ0n) is 12.8. The molecule has 1 aromatic carbocycles. The summed E-state index contributed by atoms with van der Waals surface area (Å²) in [6.07, 6.45) is 1.08. The van der Waals surface area contributed by atoms with E-state index in [0.29, 0.717) is 6.04 Å². The minimum atomic E-state index is 0.528. The van der Waals surface area contributed by atoms with Gasteiger partial charge < -0.3 is 15.0 Å². The summed E-state index contributed by atoms with van der Waals surface area (Å²) in [6, 6.07) is 9.35. The molecule has 0 heterocycles. The fraction of sp³-hybridized carbons (Fsp3) is 0.625. The van der Waals surface area contributed by atoms with Crippen molar-refractivity contribution in [2.24, 2.45) is 0 Å². The van der Waals surface area contributed by atoms with Gasteiger partial charge in [-0.05, 0) is 24.6 Å². The standard InChI is InChI=1S/C16H28N2O/c1-14(2)17-12-15-7-5-8-16(11-15)13-18(3)9-6-10-19-4/h5,7-8,11,14,17H,6,9-10,12-13H2,1-4H3. The van der Waals surface area contributed by atoms with Crippen LogP contribution in [0.5, 0.6) is 0 Å². The first kappa shape index (κ1) is 16.2. The van der Waals surface area contributed by atoms with E-state index in [-0.39, 0.29) is 0 Å². The molecular formula is C16H28N2O. The Balaban J connectivity index is 2.42. The first-order valence-corrected chi connectivity index (χ1v) is 7.10.